The zero-order valence-electron chi connectivity index (χ0n) is 19.9. The highest BCUT2D eigenvalue weighted by Crippen LogP contribution is 2.03. The molecule has 0 aliphatic rings. The number of unbranched alkanes of at least 4 members (excludes halogenated alkanes) is 1. The molecule has 192 valence electrons. The van der Waals surface area contributed by atoms with Gasteiger partial charge in [-0.3, -0.25) is 28.8 Å². The number of carbonyl (C=O) groups excluding carboxylic acids is 6. The number of amides is 6. The van der Waals surface area contributed by atoms with Gasteiger partial charge in [0, 0.05) is 40.4 Å². The number of carbonyl (C=O) groups is 6. The molecule has 0 heterocycles. The van der Waals surface area contributed by atoms with Gasteiger partial charge in [-0.05, 0) is 26.2 Å². The molecular formula is C20H35N7O6S. The number of nitrogens with one attached hydrogen (secondary N) is 6. The van der Waals surface area contributed by atoms with Gasteiger partial charge in [0.2, 0.25) is 35.4 Å². The fraction of sp³-hybridized carbons (Fsp3) is 0.650. The second-order valence-electron chi connectivity index (χ2n) is 7.63. The van der Waals surface area contributed by atoms with Crippen molar-refractivity contribution in [3.63, 3.8) is 0 Å². The molecule has 3 atom stereocenters. The lowest BCUT2D eigenvalue weighted by Crippen LogP contribution is -2.59. The van der Waals surface area contributed by atoms with Crippen LogP contribution in [0.25, 0.3) is 0 Å². The smallest absolute Gasteiger partial charge is 0.245 e. The van der Waals surface area contributed by atoms with E-state index in [-0.39, 0.29) is 19.5 Å². The lowest BCUT2D eigenvalue weighted by atomic mass is 10.1. The van der Waals surface area contributed by atoms with Crippen LogP contribution in [0.1, 0.15) is 47.0 Å². The number of hydrogen-bond acceptors (Lipinski definition) is 7. The third-order valence-corrected chi connectivity index (χ3v) is 4.54. The number of hydrogen-bond donors (Lipinski definition) is 7. The summed E-state index contributed by atoms with van der Waals surface area (Å²) in [4.78, 5) is 71.8. The Morgan fingerprint density at radius 2 is 1.18 bits per heavy atom. The first-order valence-electron chi connectivity index (χ1n) is 10.7. The van der Waals surface area contributed by atoms with Crippen molar-refractivity contribution >= 4 is 52.6 Å². The Morgan fingerprint density at radius 1 is 0.676 bits per heavy atom. The van der Waals surface area contributed by atoms with E-state index in [9.17, 15) is 28.8 Å². The lowest BCUT2D eigenvalue weighted by molar-refractivity contribution is -0.133. The first-order chi connectivity index (χ1) is 15.8. The molecule has 34 heavy (non-hydrogen) atoms. The van der Waals surface area contributed by atoms with Crippen molar-refractivity contribution in [1.29, 1.82) is 0 Å². The Labute approximate surface area is 204 Å². The molecule has 0 aromatic carbocycles. The molecule has 0 rings (SSSR count). The highest BCUT2D eigenvalue weighted by Gasteiger charge is 2.28. The molecule has 0 aliphatic carbocycles. The number of nitrogens with two attached hydrogens (primary N) is 1. The predicted molar refractivity (Wildman–Crippen MR) is 128 cm³/mol. The van der Waals surface area contributed by atoms with Gasteiger partial charge in [0.25, 0.3) is 0 Å². The van der Waals surface area contributed by atoms with Gasteiger partial charge in [0.15, 0.2) is 0 Å². The Balaban J connectivity index is 5.40. The summed E-state index contributed by atoms with van der Waals surface area (Å²) >= 11 is 4.95. The van der Waals surface area contributed by atoms with Gasteiger partial charge in [-0.15, -0.1) is 0 Å². The molecule has 0 unspecified atom stereocenters. The molecule has 0 spiro atoms. The minimum Gasteiger partial charge on any atom is -0.380 e. The van der Waals surface area contributed by atoms with Gasteiger partial charge in [-0.2, -0.15) is 0 Å². The molecule has 0 saturated carbocycles. The molecule has 14 heteroatoms. The summed E-state index contributed by atoms with van der Waals surface area (Å²) in [7, 11) is 0. The molecule has 0 fully saturated rings. The van der Waals surface area contributed by atoms with Gasteiger partial charge in [0.05, 0.1) is 4.99 Å². The largest absolute Gasteiger partial charge is 0.380 e. The first-order valence-corrected chi connectivity index (χ1v) is 11.1. The maximum atomic E-state index is 12.9. The molecule has 13 nitrogen and oxygen atoms in total. The molecule has 0 aromatic rings. The van der Waals surface area contributed by atoms with Crippen molar-refractivity contribution in [2.24, 2.45) is 5.73 Å². The van der Waals surface area contributed by atoms with Gasteiger partial charge < -0.3 is 37.6 Å². The van der Waals surface area contributed by atoms with Crippen LogP contribution in [0, 0.1) is 0 Å². The van der Waals surface area contributed by atoms with Crippen molar-refractivity contribution in [1.82, 2.24) is 31.9 Å². The predicted octanol–water partition coefficient (Wildman–Crippen LogP) is -2.67. The number of thiocarbonyl (C=S) groups is 1. The van der Waals surface area contributed by atoms with Crippen molar-refractivity contribution in [2.75, 3.05) is 19.6 Å². The summed E-state index contributed by atoms with van der Waals surface area (Å²) in [6.07, 6.45) is 1.35. The fourth-order valence-electron chi connectivity index (χ4n) is 2.72. The number of rotatable bonds is 15. The fourth-order valence-corrected chi connectivity index (χ4v) is 2.82. The average Bonchev–Trinajstić information content (AvgIpc) is 2.71. The van der Waals surface area contributed by atoms with E-state index >= 15 is 0 Å². The summed E-state index contributed by atoms with van der Waals surface area (Å²) in [6, 6.07) is -3.39. The first kappa shape index (κ1) is 30.7. The molecule has 0 bridgehead atoms. The Kier molecular flexibility index (Phi) is 14.8. The van der Waals surface area contributed by atoms with E-state index in [0.29, 0.717) is 24.4 Å². The molecule has 8 N–H and O–H groups in total. The number of primary amides is 1. The maximum Gasteiger partial charge on any atom is 0.245 e. The van der Waals surface area contributed by atoms with Gasteiger partial charge in [0.1, 0.15) is 18.1 Å². The van der Waals surface area contributed by atoms with Crippen LogP contribution in [0.3, 0.4) is 0 Å². The zero-order chi connectivity index (χ0) is 26.3. The van der Waals surface area contributed by atoms with Gasteiger partial charge in [-0.25, -0.2) is 0 Å². The van der Waals surface area contributed by atoms with E-state index in [4.69, 9.17) is 18.0 Å². The standard InChI is InChI=1S/C20H35N7O6S/c1-11(28)23-9-16(18(21)31)27-19(32)15(7-5-6-8-22-14(4)34)26-20(33)17(25-13(3)30)10-24-12(2)29/h15-17H,5-10H2,1-4H3,(H2,21,31)(H,22,34)(H,23,28)(H,24,29)(H,25,30)(H,26,33)(H,27,32)/t15-,16-,17-/m0/s1. The van der Waals surface area contributed by atoms with Crippen LogP contribution in [0.2, 0.25) is 0 Å². The van der Waals surface area contributed by atoms with E-state index in [0.717, 1.165) is 0 Å². The highest BCUT2D eigenvalue weighted by atomic mass is 32.1. The van der Waals surface area contributed by atoms with E-state index < -0.39 is 53.6 Å². The van der Waals surface area contributed by atoms with Crippen LogP contribution in [0.4, 0.5) is 0 Å². The van der Waals surface area contributed by atoms with Crippen LogP contribution in [0.5, 0.6) is 0 Å². The van der Waals surface area contributed by atoms with Gasteiger partial charge in [-0.1, -0.05) is 12.2 Å². The minimum atomic E-state index is -1.19. The van der Waals surface area contributed by atoms with Crippen molar-refractivity contribution < 1.29 is 28.8 Å². The van der Waals surface area contributed by atoms with E-state index in [2.05, 4.69) is 31.9 Å². The quantitative estimate of drug-likeness (QED) is 0.0929. The Bertz CT molecular complexity index is 777. The molecule has 6 amide bonds. The molecular weight excluding hydrogens is 466 g/mol. The van der Waals surface area contributed by atoms with E-state index in [1.54, 1.807) is 6.92 Å². The van der Waals surface area contributed by atoms with Crippen LogP contribution >= 0.6 is 12.2 Å². The monoisotopic (exact) mass is 501 g/mol. The summed E-state index contributed by atoms with van der Waals surface area (Å²) in [5.41, 5.74) is 5.31. The normalized spacial score (nSPS) is 12.8. The van der Waals surface area contributed by atoms with Crippen molar-refractivity contribution in [2.45, 2.75) is 65.1 Å². The molecule has 0 aliphatic heterocycles. The van der Waals surface area contributed by atoms with Crippen LogP contribution in [0.15, 0.2) is 0 Å². The summed E-state index contributed by atoms with van der Waals surface area (Å²) in [5, 5.41) is 15.2. The van der Waals surface area contributed by atoms with E-state index in [1.165, 1.54) is 20.8 Å². The van der Waals surface area contributed by atoms with Crippen LogP contribution in [-0.4, -0.2) is 78.2 Å². The second-order valence-corrected chi connectivity index (χ2v) is 8.24. The average molecular weight is 502 g/mol. The van der Waals surface area contributed by atoms with Crippen molar-refractivity contribution in [3.8, 4) is 0 Å². The van der Waals surface area contributed by atoms with Crippen molar-refractivity contribution in [3.05, 3.63) is 0 Å². The molecule has 0 saturated heterocycles. The Morgan fingerprint density at radius 3 is 1.65 bits per heavy atom. The molecule has 0 radical (unpaired) electrons. The Hall–Kier alpha value is -3.29. The summed E-state index contributed by atoms with van der Waals surface area (Å²) in [5.74, 6) is -3.58. The SMILES string of the molecule is CC(=O)NC[C@H](NC(=O)[C@H](CCCCNC(C)=S)NC(=O)[C@H](CNC(C)=O)NC(C)=O)C(N)=O. The molecule has 0 aromatic heterocycles. The van der Waals surface area contributed by atoms with Gasteiger partial charge >= 0.3 is 0 Å². The summed E-state index contributed by atoms with van der Waals surface area (Å²) < 4.78 is 0. The topological polar surface area (TPSA) is 201 Å². The maximum absolute atomic E-state index is 12.9. The highest BCUT2D eigenvalue weighted by molar-refractivity contribution is 7.80. The zero-order valence-corrected chi connectivity index (χ0v) is 20.7. The second kappa shape index (κ2) is 16.3. The van der Waals surface area contributed by atoms with E-state index in [1.807, 2.05) is 0 Å². The third kappa shape index (κ3) is 14.7. The van der Waals surface area contributed by atoms with Crippen LogP contribution in [-0.2, 0) is 28.8 Å². The lowest BCUT2D eigenvalue weighted by Gasteiger charge is -2.25. The van der Waals surface area contributed by atoms with Crippen LogP contribution < -0.4 is 37.6 Å². The summed E-state index contributed by atoms with van der Waals surface area (Å²) in [6.45, 7) is 5.63. The minimum absolute atomic E-state index is 0.181. The third-order valence-electron chi connectivity index (χ3n) is 4.39.